The molecule has 2 heteroatoms. The molecule has 2 rings (SSSR count). The molecule has 2 aliphatic rings. The van der Waals surface area contributed by atoms with E-state index in [9.17, 15) is 0 Å². The molecule has 0 aromatic heterocycles. The zero-order valence-corrected chi connectivity index (χ0v) is 10.1. The van der Waals surface area contributed by atoms with Gasteiger partial charge < -0.3 is 5.32 Å². The Labute approximate surface area is 98.4 Å². The highest BCUT2D eigenvalue weighted by atomic mass is 14.9. The van der Waals surface area contributed by atoms with E-state index in [0.29, 0.717) is 0 Å². The van der Waals surface area contributed by atoms with Gasteiger partial charge >= 0.3 is 0 Å². The van der Waals surface area contributed by atoms with Gasteiger partial charge in [-0.15, -0.1) is 0 Å². The number of nitriles is 1. The van der Waals surface area contributed by atoms with Crippen molar-refractivity contribution in [2.24, 2.45) is 11.3 Å². The van der Waals surface area contributed by atoms with E-state index in [0.717, 1.165) is 12.5 Å². The number of nitrogens with one attached hydrogen (secondary N) is 1. The SMILES string of the molecule is C#N.CC1(C)C=CC=C(C2CCNC2)C=C1. The van der Waals surface area contributed by atoms with E-state index in [-0.39, 0.29) is 5.41 Å². The molecule has 1 heterocycles. The molecule has 0 spiro atoms. The zero-order chi connectivity index (χ0) is 12.0. The normalized spacial score (nSPS) is 26.5. The predicted octanol–water partition coefficient (Wildman–Crippen LogP) is 2.81. The lowest BCUT2D eigenvalue weighted by atomic mass is 9.92. The minimum Gasteiger partial charge on any atom is -0.316 e. The van der Waals surface area contributed by atoms with Crippen molar-refractivity contribution in [1.29, 1.82) is 5.26 Å². The lowest BCUT2D eigenvalue weighted by Gasteiger charge is -2.13. The molecule has 1 atom stereocenters. The van der Waals surface area contributed by atoms with E-state index in [1.54, 1.807) is 0 Å². The largest absolute Gasteiger partial charge is 0.316 e. The van der Waals surface area contributed by atoms with E-state index in [1.807, 2.05) is 0 Å². The quantitative estimate of drug-likeness (QED) is 0.731. The number of allylic oxidation sites excluding steroid dienone is 5. The predicted molar refractivity (Wildman–Crippen MR) is 67.8 cm³/mol. The second-order valence-corrected chi connectivity index (χ2v) is 4.87. The Balaban J connectivity index is 0.000000606. The summed E-state index contributed by atoms with van der Waals surface area (Å²) in [5.41, 5.74) is 1.70. The molecule has 2 nitrogen and oxygen atoms in total. The van der Waals surface area contributed by atoms with Crippen LogP contribution >= 0.6 is 0 Å². The first-order valence-electron chi connectivity index (χ1n) is 5.73. The summed E-state index contributed by atoms with van der Waals surface area (Å²) in [5, 5.41) is 9.91. The van der Waals surface area contributed by atoms with E-state index < -0.39 is 0 Å². The average Bonchev–Trinajstić information content (AvgIpc) is 2.73. The summed E-state index contributed by atoms with van der Waals surface area (Å²) in [5.74, 6) is 0.727. The van der Waals surface area contributed by atoms with Crippen LogP contribution in [0.25, 0.3) is 0 Å². The Kier molecular flexibility index (Phi) is 4.52. The Morgan fingerprint density at radius 3 is 2.75 bits per heavy atom. The maximum atomic E-state index is 6.50. The van der Waals surface area contributed by atoms with Gasteiger partial charge in [-0.2, -0.15) is 0 Å². The van der Waals surface area contributed by atoms with Crippen LogP contribution in [0.2, 0.25) is 0 Å². The fourth-order valence-electron chi connectivity index (χ4n) is 2.04. The fourth-order valence-corrected chi connectivity index (χ4v) is 2.04. The van der Waals surface area contributed by atoms with Crippen LogP contribution in [0.4, 0.5) is 0 Å². The molecule has 16 heavy (non-hydrogen) atoms. The molecule has 1 unspecified atom stereocenters. The third-order valence-electron chi connectivity index (χ3n) is 3.05. The van der Waals surface area contributed by atoms with Gasteiger partial charge in [0.1, 0.15) is 0 Å². The fraction of sp³-hybridized carbons (Fsp3) is 0.500. The van der Waals surface area contributed by atoms with Crippen LogP contribution in [0, 0.1) is 23.2 Å². The van der Waals surface area contributed by atoms with Gasteiger partial charge in [0.25, 0.3) is 0 Å². The minimum absolute atomic E-state index is 0.213. The molecule has 0 saturated carbocycles. The summed E-state index contributed by atoms with van der Waals surface area (Å²) in [4.78, 5) is 0. The van der Waals surface area contributed by atoms with Gasteiger partial charge in [-0.1, -0.05) is 44.2 Å². The molecule has 1 saturated heterocycles. The van der Waals surface area contributed by atoms with E-state index in [4.69, 9.17) is 5.26 Å². The van der Waals surface area contributed by atoms with Gasteiger partial charge in [-0.25, -0.2) is 5.26 Å². The third kappa shape index (κ3) is 3.36. The highest BCUT2D eigenvalue weighted by molar-refractivity contribution is 5.33. The molecule has 0 amide bonds. The topological polar surface area (TPSA) is 35.8 Å². The maximum Gasteiger partial charge on any atom is 0.0462 e. The smallest absolute Gasteiger partial charge is 0.0462 e. The number of hydrogen-bond donors (Lipinski definition) is 1. The van der Waals surface area contributed by atoms with Gasteiger partial charge in [-0.3, -0.25) is 0 Å². The Morgan fingerprint density at radius 1 is 1.38 bits per heavy atom. The van der Waals surface area contributed by atoms with Crippen molar-refractivity contribution in [2.45, 2.75) is 20.3 Å². The second kappa shape index (κ2) is 5.67. The standard InChI is InChI=1S/C13H19N.CHN/c1-13(2)7-3-4-11(5-8-13)12-6-9-14-10-12;1-2/h3-5,7-8,12,14H,6,9-10H2,1-2H3;1H. The van der Waals surface area contributed by atoms with Crippen molar-refractivity contribution in [3.63, 3.8) is 0 Å². The first kappa shape index (κ1) is 12.7. The van der Waals surface area contributed by atoms with Crippen LogP contribution in [0.3, 0.4) is 0 Å². The summed E-state index contributed by atoms with van der Waals surface area (Å²) in [7, 11) is 0. The molecule has 1 N–H and O–H groups in total. The molecule has 1 fully saturated rings. The van der Waals surface area contributed by atoms with E-state index in [1.165, 1.54) is 18.5 Å². The van der Waals surface area contributed by atoms with Crippen LogP contribution in [0.1, 0.15) is 20.3 Å². The Hall–Kier alpha value is -1.33. The van der Waals surface area contributed by atoms with Gasteiger partial charge in [0, 0.05) is 18.5 Å². The summed E-state index contributed by atoms with van der Waals surface area (Å²) >= 11 is 0. The number of nitrogens with zero attached hydrogens (tertiary/aromatic N) is 1. The monoisotopic (exact) mass is 216 g/mol. The number of hydrogen-bond acceptors (Lipinski definition) is 2. The molecular formula is C14H20N2. The second-order valence-electron chi connectivity index (χ2n) is 4.87. The van der Waals surface area contributed by atoms with Gasteiger partial charge in [0.05, 0.1) is 0 Å². The zero-order valence-electron chi connectivity index (χ0n) is 10.1. The molecule has 1 aliphatic heterocycles. The van der Waals surface area contributed by atoms with Gasteiger partial charge in [0.15, 0.2) is 0 Å². The van der Waals surface area contributed by atoms with Crippen molar-refractivity contribution >= 4 is 0 Å². The van der Waals surface area contributed by atoms with Crippen LogP contribution < -0.4 is 5.32 Å². The first-order chi connectivity index (χ1) is 7.67. The van der Waals surface area contributed by atoms with Gasteiger partial charge in [-0.05, 0) is 24.5 Å². The van der Waals surface area contributed by atoms with Crippen molar-refractivity contribution in [3.05, 3.63) is 36.0 Å². The van der Waals surface area contributed by atoms with Crippen molar-refractivity contribution in [2.75, 3.05) is 13.1 Å². The summed E-state index contributed by atoms with van der Waals surface area (Å²) < 4.78 is 0. The Bertz CT molecular complexity index is 326. The van der Waals surface area contributed by atoms with Crippen molar-refractivity contribution in [1.82, 2.24) is 5.32 Å². The number of rotatable bonds is 1. The van der Waals surface area contributed by atoms with Crippen LogP contribution in [0.15, 0.2) is 36.0 Å². The molecule has 0 aromatic rings. The van der Waals surface area contributed by atoms with Gasteiger partial charge in [0.2, 0.25) is 0 Å². The molecule has 1 aliphatic carbocycles. The van der Waals surface area contributed by atoms with Crippen LogP contribution in [-0.2, 0) is 0 Å². The summed E-state index contributed by atoms with van der Waals surface area (Å²) in [6, 6.07) is 0. The molecule has 86 valence electrons. The lowest BCUT2D eigenvalue weighted by molar-refractivity contribution is 0.624. The van der Waals surface area contributed by atoms with Crippen molar-refractivity contribution < 1.29 is 0 Å². The Morgan fingerprint density at radius 2 is 2.12 bits per heavy atom. The van der Waals surface area contributed by atoms with Crippen molar-refractivity contribution in [3.8, 4) is 6.57 Å². The van der Waals surface area contributed by atoms with Crippen LogP contribution in [-0.4, -0.2) is 13.1 Å². The van der Waals surface area contributed by atoms with E-state index in [2.05, 4.69) is 56.1 Å². The maximum absolute atomic E-state index is 6.50. The summed E-state index contributed by atoms with van der Waals surface area (Å²) in [6.45, 7) is 10.3. The molecule has 0 radical (unpaired) electrons. The summed E-state index contributed by atoms with van der Waals surface area (Å²) in [6.07, 6.45) is 12.6. The van der Waals surface area contributed by atoms with Crippen LogP contribution in [0.5, 0.6) is 0 Å². The van der Waals surface area contributed by atoms with E-state index >= 15 is 0 Å². The minimum atomic E-state index is 0.213. The third-order valence-corrected chi connectivity index (χ3v) is 3.05. The average molecular weight is 216 g/mol. The lowest BCUT2D eigenvalue weighted by Crippen LogP contribution is -2.10. The molecular weight excluding hydrogens is 196 g/mol. The highest BCUT2D eigenvalue weighted by Crippen LogP contribution is 2.27. The molecule has 0 bridgehead atoms. The molecule has 0 aromatic carbocycles. The highest BCUT2D eigenvalue weighted by Gasteiger charge is 2.19. The first-order valence-corrected chi connectivity index (χ1v) is 5.73.